The first-order chi connectivity index (χ1) is 7.70. The van der Waals surface area contributed by atoms with Crippen LogP contribution in [0.25, 0.3) is 0 Å². The van der Waals surface area contributed by atoms with Gasteiger partial charge < -0.3 is 4.74 Å². The maximum Gasteiger partial charge on any atom is 0.573 e. The zero-order chi connectivity index (χ0) is 12.8. The summed E-state index contributed by atoms with van der Waals surface area (Å²) < 4.78 is 40.1. The highest BCUT2D eigenvalue weighted by molar-refractivity contribution is 5.99. The molecule has 2 rings (SSSR count). The van der Waals surface area contributed by atoms with Crippen molar-refractivity contribution in [3.05, 3.63) is 23.8 Å². The molecule has 1 aromatic carbocycles. The molecule has 2 nitrogen and oxygen atoms in total. The quantitative estimate of drug-likeness (QED) is 0.731. The van der Waals surface area contributed by atoms with E-state index in [4.69, 9.17) is 0 Å². The Bertz CT molecular complexity index is 489. The van der Waals surface area contributed by atoms with Crippen LogP contribution in [0.4, 0.5) is 18.9 Å². The minimum atomic E-state index is -4.67. The van der Waals surface area contributed by atoms with Crippen LogP contribution in [0.3, 0.4) is 0 Å². The highest BCUT2D eigenvalue weighted by Crippen LogP contribution is 2.42. The minimum absolute atomic E-state index is 0.230. The van der Waals surface area contributed by atoms with Gasteiger partial charge in [0.1, 0.15) is 5.75 Å². The predicted octanol–water partition coefficient (Wildman–Crippen LogP) is 3.97. The average molecular weight is 243 g/mol. The number of nitrogens with zero attached hydrogens (tertiary/aromatic N) is 1. The van der Waals surface area contributed by atoms with Crippen molar-refractivity contribution in [1.82, 2.24) is 0 Å². The molecule has 0 aliphatic carbocycles. The van der Waals surface area contributed by atoms with E-state index in [-0.39, 0.29) is 11.2 Å². The molecule has 0 spiro atoms. The summed E-state index contributed by atoms with van der Waals surface area (Å²) in [7, 11) is 0. The van der Waals surface area contributed by atoms with Gasteiger partial charge in [-0.25, -0.2) is 0 Å². The SMILES string of the molecule is CC1=Nc2cc(OC(F)(F)F)ccc2C1(C)C. The van der Waals surface area contributed by atoms with Crippen molar-refractivity contribution in [3.63, 3.8) is 0 Å². The van der Waals surface area contributed by atoms with Crippen LogP contribution in [0.1, 0.15) is 26.3 Å². The normalized spacial score (nSPS) is 17.6. The Morgan fingerprint density at radius 1 is 1.24 bits per heavy atom. The predicted molar refractivity (Wildman–Crippen MR) is 58.9 cm³/mol. The fraction of sp³-hybridized carbons (Fsp3) is 0.417. The molecule has 1 aromatic rings. The van der Waals surface area contributed by atoms with Crippen molar-refractivity contribution in [1.29, 1.82) is 0 Å². The fourth-order valence-corrected chi connectivity index (χ4v) is 1.84. The Kier molecular flexibility index (Phi) is 2.45. The van der Waals surface area contributed by atoms with Crippen LogP contribution >= 0.6 is 0 Å². The number of alkyl halides is 3. The number of fused-ring (bicyclic) bond motifs is 1. The van der Waals surface area contributed by atoms with Crippen LogP contribution in [-0.4, -0.2) is 12.1 Å². The van der Waals surface area contributed by atoms with E-state index in [1.54, 1.807) is 6.07 Å². The topological polar surface area (TPSA) is 21.6 Å². The van der Waals surface area contributed by atoms with Gasteiger partial charge in [-0.1, -0.05) is 19.9 Å². The maximum absolute atomic E-state index is 12.1. The van der Waals surface area contributed by atoms with Crippen molar-refractivity contribution in [2.24, 2.45) is 4.99 Å². The molecular weight excluding hydrogens is 231 g/mol. The van der Waals surface area contributed by atoms with Gasteiger partial charge in [0.15, 0.2) is 0 Å². The lowest BCUT2D eigenvalue weighted by Gasteiger charge is -2.20. The van der Waals surface area contributed by atoms with Gasteiger partial charge in [0.2, 0.25) is 0 Å². The standard InChI is InChI=1S/C12H12F3NO/c1-7-11(2,3)9-5-4-8(6-10(9)16-7)17-12(13,14)15/h4-6H,1-3H3. The summed E-state index contributed by atoms with van der Waals surface area (Å²) in [5.41, 5.74) is 2.13. The molecule has 0 saturated heterocycles. The van der Waals surface area contributed by atoms with Gasteiger partial charge in [0.05, 0.1) is 5.69 Å². The number of ether oxygens (including phenoxy) is 1. The molecule has 1 heterocycles. The van der Waals surface area contributed by atoms with Crippen LogP contribution in [0, 0.1) is 0 Å². The average Bonchev–Trinajstić information content (AvgIpc) is 2.35. The van der Waals surface area contributed by atoms with Gasteiger partial charge in [0.25, 0.3) is 0 Å². The first kappa shape index (κ1) is 12.0. The largest absolute Gasteiger partial charge is 0.573 e. The molecule has 17 heavy (non-hydrogen) atoms. The van der Waals surface area contributed by atoms with E-state index in [1.807, 2.05) is 20.8 Å². The number of hydrogen-bond acceptors (Lipinski definition) is 2. The zero-order valence-electron chi connectivity index (χ0n) is 9.72. The third-order valence-electron chi connectivity index (χ3n) is 3.07. The molecule has 0 N–H and O–H groups in total. The Morgan fingerprint density at radius 3 is 2.47 bits per heavy atom. The molecule has 0 unspecified atom stereocenters. The molecule has 5 heteroatoms. The first-order valence-electron chi connectivity index (χ1n) is 5.16. The van der Waals surface area contributed by atoms with Crippen LogP contribution in [0.15, 0.2) is 23.2 Å². The Labute approximate surface area is 97.1 Å². The number of aliphatic imine (C=N–C) groups is 1. The zero-order valence-corrected chi connectivity index (χ0v) is 9.72. The van der Waals surface area contributed by atoms with Crippen LogP contribution in [0.2, 0.25) is 0 Å². The lowest BCUT2D eigenvalue weighted by Crippen LogP contribution is -2.22. The van der Waals surface area contributed by atoms with E-state index in [2.05, 4.69) is 9.73 Å². The van der Waals surface area contributed by atoms with Gasteiger partial charge in [-0.2, -0.15) is 0 Å². The van der Waals surface area contributed by atoms with Crippen molar-refractivity contribution in [2.75, 3.05) is 0 Å². The Balaban J connectivity index is 2.38. The second kappa shape index (κ2) is 3.48. The van der Waals surface area contributed by atoms with Crippen LogP contribution in [0.5, 0.6) is 5.75 Å². The lowest BCUT2D eigenvalue weighted by atomic mass is 9.82. The third kappa shape index (κ3) is 2.14. The van der Waals surface area contributed by atoms with Crippen molar-refractivity contribution < 1.29 is 17.9 Å². The third-order valence-corrected chi connectivity index (χ3v) is 3.07. The highest BCUT2D eigenvalue weighted by atomic mass is 19.4. The molecule has 1 aliphatic heterocycles. The summed E-state index contributed by atoms with van der Waals surface area (Å²) >= 11 is 0. The number of benzene rings is 1. The van der Waals surface area contributed by atoms with E-state index in [9.17, 15) is 13.2 Å². The molecular formula is C12H12F3NO. The second-order valence-electron chi connectivity index (χ2n) is 4.55. The monoisotopic (exact) mass is 243 g/mol. The first-order valence-corrected chi connectivity index (χ1v) is 5.16. The summed E-state index contributed by atoms with van der Waals surface area (Å²) in [6.07, 6.45) is -4.67. The van der Waals surface area contributed by atoms with E-state index < -0.39 is 6.36 Å². The van der Waals surface area contributed by atoms with E-state index >= 15 is 0 Å². The van der Waals surface area contributed by atoms with E-state index in [1.165, 1.54) is 12.1 Å². The van der Waals surface area contributed by atoms with Gasteiger partial charge in [-0.3, -0.25) is 4.99 Å². The molecule has 0 radical (unpaired) electrons. The molecule has 0 saturated carbocycles. The van der Waals surface area contributed by atoms with Gasteiger partial charge in [0, 0.05) is 17.2 Å². The summed E-state index contributed by atoms with van der Waals surface area (Å²) in [5.74, 6) is -0.231. The van der Waals surface area contributed by atoms with Gasteiger partial charge >= 0.3 is 6.36 Å². The van der Waals surface area contributed by atoms with Crippen LogP contribution < -0.4 is 4.74 Å². The van der Waals surface area contributed by atoms with E-state index in [0.29, 0.717) is 5.69 Å². The molecule has 1 aliphatic rings. The highest BCUT2D eigenvalue weighted by Gasteiger charge is 2.34. The van der Waals surface area contributed by atoms with E-state index in [0.717, 1.165) is 11.3 Å². The van der Waals surface area contributed by atoms with Crippen molar-refractivity contribution in [3.8, 4) is 5.75 Å². The Hall–Kier alpha value is -1.52. The maximum atomic E-state index is 12.1. The number of rotatable bonds is 1. The molecule has 0 aromatic heterocycles. The van der Waals surface area contributed by atoms with Gasteiger partial charge in [-0.05, 0) is 18.6 Å². The smallest absolute Gasteiger partial charge is 0.406 e. The molecule has 0 atom stereocenters. The fourth-order valence-electron chi connectivity index (χ4n) is 1.84. The molecule has 92 valence electrons. The lowest BCUT2D eigenvalue weighted by molar-refractivity contribution is -0.274. The molecule has 0 amide bonds. The molecule has 0 bridgehead atoms. The summed E-state index contributed by atoms with van der Waals surface area (Å²) in [4.78, 5) is 4.26. The number of halogens is 3. The summed E-state index contributed by atoms with van der Waals surface area (Å²) in [6.45, 7) is 5.84. The number of hydrogen-bond donors (Lipinski definition) is 0. The van der Waals surface area contributed by atoms with Crippen molar-refractivity contribution >= 4 is 11.4 Å². The second-order valence-corrected chi connectivity index (χ2v) is 4.55. The van der Waals surface area contributed by atoms with Crippen LogP contribution in [-0.2, 0) is 5.41 Å². The van der Waals surface area contributed by atoms with Gasteiger partial charge in [-0.15, -0.1) is 13.2 Å². The molecule has 0 fully saturated rings. The summed E-state index contributed by atoms with van der Waals surface area (Å²) in [6, 6.07) is 4.28. The van der Waals surface area contributed by atoms with Crippen molar-refractivity contribution in [2.45, 2.75) is 32.5 Å². The summed E-state index contributed by atoms with van der Waals surface area (Å²) in [5, 5.41) is 0. The Morgan fingerprint density at radius 2 is 1.88 bits per heavy atom. The minimum Gasteiger partial charge on any atom is -0.406 e.